The van der Waals surface area contributed by atoms with Gasteiger partial charge in [-0.2, -0.15) is 0 Å². The standard InChI is InChI=1S/C26H19BrClNO5S/c1-16-4-2-7-21(12-16)33-11-10-29-24(30)23(35-26(29)32)15-18-13-19(27)8-9-22(18)34-25(31)17-5-3-6-20(28)14-17/h2-9,12-15H,10-11H2,1H3/b23-15-. The van der Waals surface area contributed by atoms with Crippen molar-refractivity contribution in [3.05, 3.63) is 97.8 Å². The van der Waals surface area contributed by atoms with Crippen molar-refractivity contribution in [2.45, 2.75) is 6.92 Å². The summed E-state index contributed by atoms with van der Waals surface area (Å²) in [5.74, 6) is -0.105. The fourth-order valence-electron chi connectivity index (χ4n) is 3.29. The maximum atomic E-state index is 12.9. The first-order valence-electron chi connectivity index (χ1n) is 10.5. The van der Waals surface area contributed by atoms with E-state index in [1.54, 1.807) is 36.4 Å². The second-order valence-corrected chi connectivity index (χ2v) is 9.93. The van der Waals surface area contributed by atoms with Gasteiger partial charge in [0, 0.05) is 15.1 Å². The number of rotatable bonds is 7. The summed E-state index contributed by atoms with van der Waals surface area (Å²) in [6.07, 6.45) is 1.54. The molecule has 4 rings (SSSR count). The van der Waals surface area contributed by atoms with Gasteiger partial charge in [-0.25, -0.2) is 4.79 Å². The molecule has 1 fully saturated rings. The number of nitrogens with zero attached hydrogens (tertiary/aromatic N) is 1. The Hall–Kier alpha value is -3.07. The Balaban J connectivity index is 1.48. The Kier molecular flexibility index (Phi) is 7.95. The van der Waals surface area contributed by atoms with Crippen molar-refractivity contribution in [3.63, 3.8) is 0 Å². The van der Waals surface area contributed by atoms with Gasteiger partial charge in [0.25, 0.3) is 11.1 Å². The molecule has 3 aromatic carbocycles. The number of ether oxygens (including phenoxy) is 2. The number of thioether (sulfide) groups is 1. The van der Waals surface area contributed by atoms with E-state index in [4.69, 9.17) is 21.1 Å². The van der Waals surface area contributed by atoms with Crippen molar-refractivity contribution in [1.82, 2.24) is 4.90 Å². The third-order valence-electron chi connectivity index (χ3n) is 4.97. The molecule has 2 amide bonds. The van der Waals surface area contributed by atoms with E-state index in [2.05, 4.69) is 15.9 Å². The highest BCUT2D eigenvalue weighted by Crippen LogP contribution is 2.35. The maximum absolute atomic E-state index is 12.9. The van der Waals surface area contributed by atoms with Gasteiger partial charge in [-0.15, -0.1) is 0 Å². The van der Waals surface area contributed by atoms with Crippen LogP contribution in [0.2, 0.25) is 5.02 Å². The molecule has 1 saturated heterocycles. The quantitative estimate of drug-likeness (QED) is 0.177. The lowest BCUT2D eigenvalue weighted by Crippen LogP contribution is -2.32. The predicted octanol–water partition coefficient (Wildman–Crippen LogP) is 6.75. The van der Waals surface area contributed by atoms with Crippen molar-refractivity contribution < 1.29 is 23.9 Å². The van der Waals surface area contributed by atoms with Crippen molar-refractivity contribution in [3.8, 4) is 11.5 Å². The molecule has 9 heteroatoms. The van der Waals surface area contributed by atoms with Crippen molar-refractivity contribution in [2.24, 2.45) is 0 Å². The number of hydrogen-bond donors (Lipinski definition) is 0. The summed E-state index contributed by atoms with van der Waals surface area (Å²) in [7, 11) is 0. The number of carbonyl (C=O) groups excluding carboxylic acids is 3. The number of amides is 2. The molecule has 1 aliphatic heterocycles. The van der Waals surface area contributed by atoms with Gasteiger partial charge in [0.05, 0.1) is 17.0 Å². The van der Waals surface area contributed by atoms with E-state index >= 15 is 0 Å². The SMILES string of the molecule is Cc1cccc(OCCN2C(=O)S/C(=C\c3cc(Br)ccc3OC(=O)c3cccc(Cl)c3)C2=O)c1. The number of carbonyl (C=O) groups is 3. The molecule has 0 aliphatic carbocycles. The molecular weight excluding hydrogens is 554 g/mol. The topological polar surface area (TPSA) is 72.9 Å². The number of benzene rings is 3. The van der Waals surface area contributed by atoms with E-state index in [9.17, 15) is 14.4 Å². The van der Waals surface area contributed by atoms with Crippen LogP contribution in [0.3, 0.4) is 0 Å². The summed E-state index contributed by atoms with van der Waals surface area (Å²) in [4.78, 5) is 39.4. The van der Waals surface area contributed by atoms with E-state index < -0.39 is 11.9 Å². The summed E-state index contributed by atoms with van der Waals surface area (Å²) in [6.45, 7) is 2.25. The van der Waals surface area contributed by atoms with E-state index in [0.717, 1.165) is 26.7 Å². The Labute approximate surface area is 220 Å². The molecule has 178 valence electrons. The zero-order valence-electron chi connectivity index (χ0n) is 18.5. The Morgan fingerprint density at radius 3 is 2.66 bits per heavy atom. The second-order valence-electron chi connectivity index (χ2n) is 7.58. The van der Waals surface area contributed by atoms with Crippen LogP contribution in [0, 0.1) is 6.92 Å². The smallest absolute Gasteiger partial charge is 0.343 e. The molecule has 0 saturated carbocycles. The zero-order valence-corrected chi connectivity index (χ0v) is 21.7. The van der Waals surface area contributed by atoms with E-state index in [1.807, 2.05) is 31.2 Å². The summed E-state index contributed by atoms with van der Waals surface area (Å²) in [5.41, 5.74) is 1.81. The minimum absolute atomic E-state index is 0.116. The Morgan fingerprint density at radius 1 is 1.09 bits per heavy atom. The monoisotopic (exact) mass is 571 g/mol. The van der Waals surface area contributed by atoms with Crippen LogP contribution >= 0.6 is 39.3 Å². The molecule has 1 heterocycles. The van der Waals surface area contributed by atoms with Gasteiger partial charge in [0.1, 0.15) is 18.1 Å². The molecule has 0 aromatic heterocycles. The van der Waals surface area contributed by atoms with E-state index in [1.165, 1.54) is 12.1 Å². The summed E-state index contributed by atoms with van der Waals surface area (Å²) >= 11 is 10.2. The fraction of sp³-hybridized carbons (Fsp3) is 0.115. The lowest BCUT2D eigenvalue weighted by atomic mass is 10.1. The molecule has 1 aliphatic rings. The molecule has 0 bridgehead atoms. The van der Waals surface area contributed by atoms with Crippen LogP contribution in [-0.4, -0.2) is 35.2 Å². The maximum Gasteiger partial charge on any atom is 0.343 e. The highest BCUT2D eigenvalue weighted by molar-refractivity contribution is 9.10. The van der Waals surface area contributed by atoms with Gasteiger partial charge in [0.2, 0.25) is 0 Å². The molecule has 0 radical (unpaired) electrons. The number of imide groups is 1. The normalized spacial score (nSPS) is 14.5. The fourth-order valence-corrected chi connectivity index (χ4v) is 4.72. The molecule has 0 unspecified atom stereocenters. The molecular formula is C26H19BrClNO5S. The minimum atomic E-state index is -0.592. The summed E-state index contributed by atoms with van der Waals surface area (Å²) in [5, 5.41) is 0.0251. The highest BCUT2D eigenvalue weighted by Gasteiger charge is 2.35. The van der Waals surface area contributed by atoms with Gasteiger partial charge in [-0.05, 0) is 78.9 Å². The number of esters is 1. The van der Waals surface area contributed by atoms with Crippen molar-refractivity contribution in [1.29, 1.82) is 0 Å². The van der Waals surface area contributed by atoms with Gasteiger partial charge in [-0.1, -0.05) is 45.7 Å². The molecule has 6 nitrogen and oxygen atoms in total. The van der Waals surface area contributed by atoms with Gasteiger partial charge in [0.15, 0.2) is 0 Å². The molecule has 0 spiro atoms. The average molecular weight is 573 g/mol. The van der Waals surface area contributed by atoms with Crippen LogP contribution in [0.4, 0.5) is 4.79 Å². The third kappa shape index (κ3) is 6.33. The minimum Gasteiger partial charge on any atom is -0.492 e. The highest BCUT2D eigenvalue weighted by atomic mass is 79.9. The van der Waals surface area contributed by atoms with E-state index in [0.29, 0.717) is 21.9 Å². The van der Waals surface area contributed by atoms with Crippen LogP contribution in [0.25, 0.3) is 6.08 Å². The third-order valence-corrected chi connectivity index (χ3v) is 6.60. The lowest BCUT2D eigenvalue weighted by molar-refractivity contribution is -0.123. The van der Waals surface area contributed by atoms with Crippen molar-refractivity contribution in [2.75, 3.05) is 13.2 Å². The Morgan fingerprint density at radius 2 is 1.89 bits per heavy atom. The van der Waals surface area contributed by atoms with Crippen LogP contribution in [0.5, 0.6) is 11.5 Å². The van der Waals surface area contributed by atoms with Gasteiger partial charge in [-0.3, -0.25) is 14.5 Å². The molecule has 0 atom stereocenters. The average Bonchev–Trinajstić information content (AvgIpc) is 3.08. The molecule has 3 aromatic rings. The second kappa shape index (κ2) is 11.1. The number of halogens is 2. The van der Waals surface area contributed by atoms with Gasteiger partial charge < -0.3 is 9.47 Å². The lowest BCUT2D eigenvalue weighted by Gasteiger charge is -2.13. The van der Waals surface area contributed by atoms with Gasteiger partial charge >= 0.3 is 5.97 Å². The van der Waals surface area contributed by atoms with Crippen LogP contribution < -0.4 is 9.47 Å². The van der Waals surface area contributed by atoms with E-state index in [-0.39, 0.29) is 29.0 Å². The predicted molar refractivity (Wildman–Crippen MR) is 140 cm³/mol. The molecule has 35 heavy (non-hydrogen) atoms. The van der Waals surface area contributed by atoms with Crippen molar-refractivity contribution >= 4 is 62.5 Å². The Bertz CT molecular complexity index is 1340. The van der Waals surface area contributed by atoms with Crippen LogP contribution in [-0.2, 0) is 4.79 Å². The largest absolute Gasteiger partial charge is 0.492 e. The first-order valence-corrected chi connectivity index (χ1v) is 12.5. The summed E-state index contributed by atoms with van der Waals surface area (Å²) < 4.78 is 12.0. The van der Waals surface area contributed by atoms with Crippen LogP contribution in [0.1, 0.15) is 21.5 Å². The zero-order chi connectivity index (χ0) is 24.9. The number of hydrogen-bond acceptors (Lipinski definition) is 6. The summed E-state index contributed by atoms with van der Waals surface area (Å²) in [6, 6.07) is 19.0. The molecule has 0 N–H and O–H groups in total. The first kappa shape index (κ1) is 25.0. The first-order chi connectivity index (χ1) is 16.8. The van der Waals surface area contributed by atoms with Crippen LogP contribution in [0.15, 0.2) is 76.1 Å². The number of aryl methyl sites for hydroxylation is 1.